The predicted molar refractivity (Wildman–Crippen MR) is 92.6 cm³/mol. The van der Waals surface area contributed by atoms with Gasteiger partial charge in [0.25, 0.3) is 0 Å². The summed E-state index contributed by atoms with van der Waals surface area (Å²) in [7, 11) is -0.374. The molecule has 0 fully saturated rings. The smallest absolute Gasteiger partial charge is 0.238 e. The SMILES string of the molecule is COc1ccc(CN(C)CCOc2ccc(S(N)(=O)=O)cc2)cc1F. The minimum atomic E-state index is -3.70. The highest BCUT2D eigenvalue weighted by Gasteiger charge is 2.08. The first-order valence-corrected chi connectivity index (χ1v) is 9.11. The summed E-state index contributed by atoms with van der Waals surface area (Å²) in [6, 6.07) is 10.8. The van der Waals surface area contributed by atoms with Crippen LogP contribution in [-0.4, -0.2) is 40.6 Å². The van der Waals surface area contributed by atoms with Crippen LogP contribution >= 0.6 is 0 Å². The number of primary sulfonamides is 1. The van der Waals surface area contributed by atoms with E-state index >= 15 is 0 Å². The second-order valence-corrected chi connectivity index (χ2v) is 7.13. The van der Waals surface area contributed by atoms with Crippen molar-refractivity contribution in [1.82, 2.24) is 4.90 Å². The fourth-order valence-corrected chi connectivity index (χ4v) is 2.76. The van der Waals surface area contributed by atoms with E-state index in [-0.39, 0.29) is 16.5 Å². The first kappa shape index (κ1) is 19.2. The van der Waals surface area contributed by atoms with Gasteiger partial charge in [-0.1, -0.05) is 6.07 Å². The van der Waals surface area contributed by atoms with E-state index in [1.165, 1.54) is 25.3 Å². The van der Waals surface area contributed by atoms with Crippen molar-refractivity contribution in [2.24, 2.45) is 5.14 Å². The van der Waals surface area contributed by atoms with Gasteiger partial charge in [0.2, 0.25) is 10.0 Å². The number of nitrogens with zero attached hydrogens (tertiary/aromatic N) is 1. The van der Waals surface area contributed by atoms with Crippen molar-refractivity contribution in [2.45, 2.75) is 11.4 Å². The van der Waals surface area contributed by atoms with Crippen molar-refractivity contribution in [1.29, 1.82) is 0 Å². The van der Waals surface area contributed by atoms with Crippen molar-refractivity contribution < 1.29 is 22.3 Å². The molecule has 8 heteroatoms. The molecule has 136 valence electrons. The van der Waals surface area contributed by atoms with Crippen molar-refractivity contribution in [3.05, 3.63) is 53.8 Å². The summed E-state index contributed by atoms with van der Waals surface area (Å²) < 4.78 is 46.5. The summed E-state index contributed by atoms with van der Waals surface area (Å²) in [6.45, 7) is 1.59. The van der Waals surface area contributed by atoms with Gasteiger partial charge in [-0.3, -0.25) is 4.90 Å². The first-order chi connectivity index (χ1) is 11.8. The van der Waals surface area contributed by atoms with Gasteiger partial charge < -0.3 is 9.47 Å². The van der Waals surface area contributed by atoms with Crippen LogP contribution in [0.3, 0.4) is 0 Å². The number of hydrogen-bond acceptors (Lipinski definition) is 5. The number of ether oxygens (including phenoxy) is 2. The Morgan fingerprint density at radius 2 is 1.84 bits per heavy atom. The first-order valence-electron chi connectivity index (χ1n) is 7.56. The molecule has 25 heavy (non-hydrogen) atoms. The van der Waals surface area contributed by atoms with E-state index in [1.807, 2.05) is 18.0 Å². The Labute approximate surface area is 147 Å². The zero-order valence-electron chi connectivity index (χ0n) is 14.1. The van der Waals surface area contributed by atoms with E-state index in [1.54, 1.807) is 18.2 Å². The molecule has 0 aliphatic heterocycles. The topological polar surface area (TPSA) is 81.9 Å². The van der Waals surface area contributed by atoms with Gasteiger partial charge in [-0.15, -0.1) is 0 Å². The van der Waals surface area contributed by atoms with Crippen LogP contribution in [0.4, 0.5) is 4.39 Å². The molecule has 2 N–H and O–H groups in total. The third-order valence-corrected chi connectivity index (χ3v) is 4.49. The average molecular weight is 368 g/mol. The summed E-state index contributed by atoms with van der Waals surface area (Å²) in [5.74, 6) is 0.383. The van der Waals surface area contributed by atoms with E-state index in [9.17, 15) is 12.8 Å². The molecule has 0 heterocycles. The molecule has 0 aliphatic carbocycles. The van der Waals surface area contributed by atoms with E-state index < -0.39 is 10.0 Å². The summed E-state index contributed by atoms with van der Waals surface area (Å²) in [6.07, 6.45) is 0. The van der Waals surface area contributed by atoms with Crippen LogP contribution in [0, 0.1) is 5.82 Å². The zero-order valence-corrected chi connectivity index (χ0v) is 14.9. The maximum absolute atomic E-state index is 13.7. The number of benzene rings is 2. The fourth-order valence-electron chi connectivity index (χ4n) is 2.24. The second kappa shape index (κ2) is 8.28. The third-order valence-electron chi connectivity index (χ3n) is 3.56. The van der Waals surface area contributed by atoms with Gasteiger partial charge in [0.1, 0.15) is 12.4 Å². The molecule has 0 radical (unpaired) electrons. The van der Waals surface area contributed by atoms with Crippen LogP contribution in [0.1, 0.15) is 5.56 Å². The normalized spacial score (nSPS) is 11.6. The molecule has 6 nitrogen and oxygen atoms in total. The maximum atomic E-state index is 13.7. The highest BCUT2D eigenvalue weighted by molar-refractivity contribution is 7.89. The van der Waals surface area contributed by atoms with Gasteiger partial charge in [-0.05, 0) is 49.0 Å². The monoisotopic (exact) mass is 368 g/mol. The lowest BCUT2D eigenvalue weighted by molar-refractivity contribution is 0.232. The highest BCUT2D eigenvalue weighted by Crippen LogP contribution is 2.18. The Hall–Kier alpha value is -2.16. The lowest BCUT2D eigenvalue weighted by Crippen LogP contribution is -2.24. The van der Waals surface area contributed by atoms with Crippen LogP contribution < -0.4 is 14.6 Å². The molecule has 0 saturated carbocycles. The lowest BCUT2D eigenvalue weighted by atomic mass is 10.2. The predicted octanol–water partition coefficient (Wildman–Crippen LogP) is 1.99. The Balaban J connectivity index is 1.82. The molecular weight excluding hydrogens is 347 g/mol. The number of rotatable bonds is 8. The number of methoxy groups -OCH3 is 1. The summed E-state index contributed by atoms with van der Waals surface area (Å²) in [5.41, 5.74) is 0.832. The molecule has 2 aromatic rings. The molecule has 2 rings (SSSR count). The second-order valence-electron chi connectivity index (χ2n) is 5.57. The van der Waals surface area contributed by atoms with Crippen LogP contribution in [0.15, 0.2) is 47.4 Å². The van der Waals surface area contributed by atoms with Crippen molar-refractivity contribution >= 4 is 10.0 Å². The van der Waals surface area contributed by atoms with Gasteiger partial charge in [0, 0.05) is 13.1 Å². The minimum absolute atomic E-state index is 0.0403. The van der Waals surface area contributed by atoms with Crippen LogP contribution in [0.25, 0.3) is 0 Å². The van der Waals surface area contributed by atoms with Crippen molar-refractivity contribution in [2.75, 3.05) is 27.3 Å². The number of sulfonamides is 1. The summed E-state index contributed by atoms with van der Waals surface area (Å²) >= 11 is 0. The van der Waals surface area contributed by atoms with Gasteiger partial charge in [0.15, 0.2) is 11.6 Å². The van der Waals surface area contributed by atoms with Crippen LogP contribution in [0.5, 0.6) is 11.5 Å². The molecule has 0 unspecified atom stereocenters. The number of nitrogens with two attached hydrogens (primary N) is 1. The molecule has 0 atom stereocenters. The summed E-state index contributed by atoms with van der Waals surface area (Å²) in [5, 5.41) is 5.04. The molecule has 0 saturated heterocycles. The zero-order chi connectivity index (χ0) is 18.4. The average Bonchev–Trinajstić information content (AvgIpc) is 2.54. The van der Waals surface area contributed by atoms with Crippen molar-refractivity contribution in [3.63, 3.8) is 0 Å². The van der Waals surface area contributed by atoms with Gasteiger partial charge in [0.05, 0.1) is 12.0 Å². The van der Waals surface area contributed by atoms with E-state index in [4.69, 9.17) is 14.6 Å². The maximum Gasteiger partial charge on any atom is 0.238 e. The number of hydrogen-bond donors (Lipinski definition) is 1. The van der Waals surface area contributed by atoms with Gasteiger partial charge >= 0.3 is 0 Å². The van der Waals surface area contributed by atoms with Crippen molar-refractivity contribution in [3.8, 4) is 11.5 Å². The minimum Gasteiger partial charge on any atom is -0.494 e. The molecule has 0 aromatic heterocycles. The summed E-state index contributed by atoms with van der Waals surface area (Å²) in [4.78, 5) is 2.03. The Morgan fingerprint density at radius 1 is 1.16 bits per heavy atom. The Bertz CT molecular complexity index is 810. The fraction of sp³-hybridized carbons (Fsp3) is 0.294. The van der Waals surface area contributed by atoms with Gasteiger partial charge in [-0.2, -0.15) is 0 Å². The number of likely N-dealkylation sites (N-methyl/N-ethyl adjacent to an activating group) is 1. The van der Waals surface area contributed by atoms with Crippen LogP contribution in [-0.2, 0) is 16.6 Å². The number of halogens is 1. The molecule has 0 spiro atoms. The Morgan fingerprint density at radius 3 is 2.40 bits per heavy atom. The molecule has 0 aliphatic rings. The van der Waals surface area contributed by atoms with E-state index in [2.05, 4.69) is 0 Å². The van der Waals surface area contributed by atoms with E-state index in [0.29, 0.717) is 25.4 Å². The Kier molecular flexibility index (Phi) is 6.35. The van der Waals surface area contributed by atoms with E-state index in [0.717, 1.165) is 5.56 Å². The molecule has 0 amide bonds. The lowest BCUT2D eigenvalue weighted by Gasteiger charge is -2.17. The quantitative estimate of drug-likeness (QED) is 0.771. The molecule has 2 aromatic carbocycles. The molecular formula is C17H21FN2O4S. The highest BCUT2D eigenvalue weighted by atomic mass is 32.2. The van der Waals surface area contributed by atoms with Gasteiger partial charge in [-0.25, -0.2) is 17.9 Å². The molecule has 0 bridgehead atoms. The third kappa shape index (κ3) is 5.70. The largest absolute Gasteiger partial charge is 0.494 e. The van der Waals surface area contributed by atoms with Crippen LogP contribution in [0.2, 0.25) is 0 Å². The standard InChI is InChI=1S/C17H21FN2O4S/c1-20(12-13-3-8-17(23-2)16(18)11-13)9-10-24-14-4-6-15(7-5-14)25(19,21)22/h3-8,11H,9-10,12H2,1-2H3,(H2,19,21,22).